The summed E-state index contributed by atoms with van der Waals surface area (Å²) in [7, 11) is 0. The fourth-order valence-corrected chi connectivity index (χ4v) is 2.11. The normalized spacial score (nSPS) is 11.1. The van der Waals surface area contributed by atoms with Gasteiger partial charge < -0.3 is 9.84 Å². The maximum Gasteiger partial charge on any atom is 0.244 e. The summed E-state index contributed by atoms with van der Waals surface area (Å²) >= 11 is 0. The van der Waals surface area contributed by atoms with E-state index in [-0.39, 0.29) is 6.61 Å². The van der Waals surface area contributed by atoms with Crippen LogP contribution in [0.1, 0.15) is 19.0 Å². The molecule has 6 nitrogen and oxygen atoms in total. The number of aryl methyl sites for hydroxylation is 1. The van der Waals surface area contributed by atoms with E-state index in [1.54, 1.807) is 6.20 Å². The number of pyridine rings is 1. The van der Waals surface area contributed by atoms with E-state index in [9.17, 15) is 5.11 Å². The van der Waals surface area contributed by atoms with E-state index < -0.39 is 0 Å². The molecule has 3 rings (SSSR count). The third kappa shape index (κ3) is 2.25. The molecule has 20 heavy (non-hydrogen) atoms. The maximum absolute atomic E-state index is 9.51. The van der Waals surface area contributed by atoms with Crippen molar-refractivity contribution in [3.05, 3.63) is 42.5 Å². The molecule has 0 amide bonds. The highest BCUT2D eigenvalue weighted by molar-refractivity contribution is 5.46. The molecule has 3 aromatic rings. The van der Waals surface area contributed by atoms with Crippen LogP contribution in [0.3, 0.4) is 0 Å². The van der Waals surface area contributed by atoms with Gasteiger partial charge in [0.2, 0.25) is 5.88 Å². The highest BCUT2D eigenvalue weighted by atomic mass is 16.5. The summed E-state index contributed by atoms with van der Waals surface area (Å²) in [5.41, 5.74) is 1.37. The first kappa shape index (κ1) is 12.7. The molecule has 0 saturated carbocycles. The first-order valence-electron chi connectivity index (χ1n) is 6.59. The van der Waals surface area contributed by atoms with E-state index in [1.807, 2.05) is 39.7 Å². The largest absolute Gasteiger partial charge is 0.434 e. The van der Waals surface area contributed by atoms with Crippen LogP contribution in [0.4, 0.5) is 0 Å². The van der Waals surface area contributed by atoms with Crippen LogP contribution in [-0.2, 0) is 13.2 Å². The average Bonchev–Trinajstić information content (AvgIpc) is 3.03. The number of imidazole rings is 1. The zero-order chi connectivity index (χ0) is 13.9. The molecule has 0 unspecified atom stereocenters. The standard InChI is InChI=1S/C14H16N4O2/c1-2-6-17-9-11(8-15-17)20-14-12(10-19)18-7-4-3-5-13(18)16-14/h3-5,7-9,19H,2,6,10H2,1H3. The van der Waals surface area contributed by atoms with Gasteiger partial charge in [0, 0.05) is 12.7 Å². The summed E-state index contributed by atoms with van der Waals surface area (Å²) in [4.78, 5) is 4.38. The van der Waals surface area contributed by atoms with Crippen molar-refractivity contribution >= 4 is 5.65 Å². The molecule has 1 N–H and O–H groups in total. The van der Waals surface area contributed by atoms with Gasteiger partial charge in [-0.3, -0.25) is 9.08 Å². The third-order valence-electron chi connectivity index (χ3n) is 3.02. The zero-order valence-electron chi connectivity index (χ0n) is 11.2. The SMILES string of the molecule is CCCn1cc(Oc2nc3ccccn3c2CO)cn1. The Kier molecular flexibility index (Phi) is 3.39. The molecule has 3 aromatic heterocycles. The van der Waals surface area contributed by atoms with Crippen LogP contribution in [-0.4, -0.2) is 24.3 Å². The minimum atomic E-state index is -0.135. The Morgan fingerprint density at radius 2 is 2.25 bits per heavy atom. The van der Waals surface area contributed by atoms with Crippen LogP contribution in [0.25, 0.3) is 5.65 Å². The van der Waals surface area contributed by atoms with Crippen molar-refractivity contribution in [3.63, 3.8) is 0 Å². The average molecular weight is 272 g/mol. The minimum absolute atomic E-state index is 0.135. The summed E-state index contributed by atoms with van der Waals surface area (Å²) in [6, 6.07) is 5.65. The van der Waals surface area contributed by atoms with Crippen LogP contribution >= 0.6 is 0 Å². The number of hydrogen-bond acceptors (Lipinski definition) is 4. The van der Waals surface area contributed by atoms with E-state index in [2.05, 4.69) is 17.0 Å². The van der Waals surface area contributed by atoms with Gasteiger partial charge in [0.1, 0.15) is 11.3 Å². The van der Waals surface area contributed by atoms with E-state index in [1.165, 1.54) is 0 Å². The van der Waals surface area contributed by atoms with Crippen molar-refractivity contribution in [2.75, 3.05) is 0 Å². The molecular formula is C14H16N4O2. The van der Waals surface area contributed by atoms with E-state index >= 15 is 0 Å². The van der Waals surface area contributed by atoms with E-state index in [4.69, 9.17) is 4.74 Å². The smallest absolute Gasteiger partial charge is 0.244 e. The van der Waals surface area contributed by atoms with Gasteiger partial charge in [-0.2, -0.15) is 10.1 Å². The van der Waals surface area contributed by atoms with Crippen molar-refractivity contribution in [2.24, 2.45) is 0 Å². The number of rotatable bonds is 5. The molecular weight excluding hydrogens is 256 g/mol. The van der Waals surface area contributed by atoms with Gasteiger partial charge in [0.05, 0.1) is 19.0 Å². The van der Waals surface area contributed by atoms with Gasteiger partial charge in [-0.25, -0.2) is 0 Å². The monoisotopic (exact) mass is 272 g/mol. The molecule has 0 spiro atoms. The Labute approximate surface area is 116 Å². The van der Waals surface area contributed by atoms with E-state index in [0.29, 0.717) is 17.3 Å². The van der Waals surface area contributed by atoms with E-state index in [0.717, 1.165) is 18.6 Å². The fraction of sp³-hybridized carbons (Fsp3) is 0.286. The minimum Gasteiger partial charge on any atom is -0.434 e. The molecule has 0 saturated heterocycles. The lowest BCUT2D eigenvalue weighted by Crippen LogP contribution is -1.96. The second-order valence-corrected chi connectivity index (χ2v) is 4.49. The molecule has 104 valence electrons. The molecule has 0 aliphatic carbocycles. The topological polar surface area (TPSA) is 64.6 Å². The van der Waals surface area contributed by atoms with Crippen LogP contribution in [0.5, 0.6) is 11.6 Å². The molecule has 0 radical (unpaired) electrons. The second kappa shape index (κ2) is 5.34. The van der Waals surface area contributed by atoms with Crippen LogP contribution in [0, 0.1) is 0 Å². The van der Waals surface area contributed by atoms with Crippen molar-refractivity contribution in [3.8, 4) is 11.6 Å². The van der Waals surface area contributed by atoms with Gasteiger partial charge >= 0.3 is 0 Å². The van der Waals surface area contributed by atoms with Crippen LogP contribution in [0.15, 0.2) is 36.8 Å². The van der Waals surface area contributed by atoms with Crippen LogP contribution < -0.4 is 4.74 Å². The lowest BCUT2D eigenvalue weighted by molar-refractivity contribution is 0.269. The van der Waals surface area contributed by atoms with Gasteiger partial charge in [-0.05, 0) is 18.6 Å². The predicted octanol–water partition coefficient (Wildman–Crippen LogP) is 2.23. The first-order valence-corrected chi connectivity index (χ1v) is 6.59. The summed E-state index contributed by atoms with van der Waals surface area (Å²) < 4.78 is 9.37. The Morgan fingerprint density at radius 3 is 3.05 bits per heavy atom. The fourth-order valence-electron chi connectivity index (χ4n) is 2.11. The van der Waals surface area contributed by atoms with Crippen molar-refractivity contribution in [1.29, 1.82) is 0 Å². The Morgan fingerprint density at radius 1 is 1.35 bits per heavy atom. The number of aliphatic hydroxyl groups excluding tert-OH is 1. The molecule has 3 heterocycles. The summed E-state index contributed by atoms with van der Waals surface area (Å²) in [6.07, 6.45) is 6.34. The highest BCUT2D eigenvalue weighted by Crippen LogP contribution is 2.25. The Bertz CT molecular complexity index is 717. The van der Waals surface area contributed by atoms with Gasteiger partial charge in [0.25, 0.3) is 0 Å². The van der Waals surface area contributed by atoms with Gasteiger partial charge in [0.15, 0.2) is 5.75 Å². The second-order valence-electron chi connectivity index (χ2n) is 4.49. The lowest BCUT2D eigenvalue weighted by Gasteiger charge is -2.01. The molecule has 6 heteroatoms. The van der Waals surface area contributed by atoms with Crippen molar-refractivity contribution in [1.82, 2.24) is 19.2 Å². The number of hydrogen-bond donors (Lipinski definition) is 1. The Balaban J connectivity index is 1.93. The highest BCUT2D eigenvalue weighted by Gasteiger charge is 2.13. The number of fused-ring (bicyclic) bond motifs is 1. The maximum atomic E-state index is 9.51. The molecule has 0 bridgehead atoms. The molecule has 0 aliphatic heterocycles. The lowest BCUT2D eigenvalue weighted by atomic mass is 10.4. The molecule has 0 atom stereocenters. The quantitative estimate of drug-likeness (QED) is 0.773. The van der Waals surface area contributed by atoms with Gasteiger partial charge in [-0.1, -0.05) is 13.0 Å². The number of aromatic nitrogens is 4. The van der Waals surface area contributed by atoms with Gasteiger partial charge in [-0.15, -0.1) is 0 Å². The van der Waals surface area contributed by atoms with Crippen molar-refractivity contribution in [2.45, 2.75) is 26.5 Å². The molecule has 0 fully saturated rings. The van der Waals surface area contributed by atoms with Crippen molar-refractivity contribution < 1.29 is 9.84 Å². The first-order chi connectivity index (χ1) is 9.81. The summed E-state index contributed by atoms with van der Waals surface area (Å²) in [5, 5.41) is 13.7. The predicted molar refractivity (Wildman–Crippen MR) is 73.7 cm³/mol. The zero-order valence-corrected chi connectivity index (χ0v) is 11.2. The number of aliphatic hydroxyl groups is 1. The third-order valence-corrected chi connectivity index (χ3v) is 3.02. The number of ether oxygens (including phenoxy) is 1. The molecule has 0 aliphatic rings. The summed E-state index contributed by atoms with van der Waals surface area (Å²) in [5.74, 6) is 1.03. The van der Waals surface area contributed by atoms with Crippen LogP contribution in [0.2, 0.25) is 0 Å². The Hall–Kier alpha value is -2.34. The number of nitrogens with zero attached hydrogens (tertiary/aromatic N) is 4. The summed E-state index contributed by atoms with van der Waals surface area (Å²) in [6.45, 7) is 2.80. The molecule has 0 aromatic carbocycles.